The SMILES string of the molecule is [CH2]C(N)(CCC(=O)OCCCC)CCC(=O)OCCCC. The molecule has 0 aliphatic rings. The van der Waals surface area contributed by atoms with Crippen molar-refractivity contribution >= 4 is 11.9 Å². The largest absolute Gasteiger partial charge is 0.466 e. The van der Waals surface area contributed by atoms with Crippen LogP contribution in [0.4, 0.5) is 0 Å². The van der Waals surface area contributed by atoms with Crippen LogP contribution in [0.25, 0.3) is 0 Å². The molecule has 123 valence electrons. The van der Waals surface area contributed by atoms with Crippen molar-refractivity contribution in [2.75, 3.05) is 13.2 Å². The number of hydrogen-bond acceptors (Lipinski definition) is 5. The molecule has 0 fully saturated rings. The van der Waals surface area contributed by atoms with Gasteiger partial charge in [0.2, 0.25) is 0 Å². The highest BCUT2D eigenvalue weighted by Crippen LogP contribution is 2.16. The number of hydrogen-bond donors (Lipinski definition) is 1. The van der Waals surface area contributed by atoms with E-state index >= 15 is 0 Å². The molecule has 0 aliphatic carbocycles. The summed E-state index contributed by atoms with van der Waals surface area (Å²) in [6.45, 7) is 8.85. The van der Waals surface area contributed by atoms with Crippen LogP contribution in [-0.4, -0.2) is 30.7 Å². The lowest BCUT2D eigenvalue weighted by molar-refractivity contribution is -0.144. The van der Waals surface area contributed by atoms with Crippen molar-refractivity contribution < 1.29 is 19.1 Å². The molecule has 5 heteroatoms. The molecule has 0 spiro atoms. The highest BCUT2D eigenvalue weighted by atomic mass is 16.5. The van der Waals surface area contributed by atoms with Gasteiger partial charge in [-0.15, -0.1) is 0 Å². The third-order valence-electron chi connectivity index (χ3n) is 3.18. The molecule has 0 rings (SSSR count). The molecule has 0 amide bonds. The Morgan fingerprint density at radius 2 is 1.33 bits per heavy atom. The molecule has 2 N–H and O–H groups in total. The number of unbranched alkanes of at least 4 members (excludes halogenated alkanes) is 2. The monoisotopic (exact) mass is 300 g/mol. The summed E-state index contributed by atoms with van der Waals surface area (Å²) < 4.78 is 10.1. The normalized spacial score (nSPS) is 11.2. The van der Waals surface area contributed by atoms with Gasteiger partial charge in [-0.3, -0.25) is 9.59 Å². The molecular formula is C16H30NO4. The Morgan fingerprint density at radius 3 is 1.67 bits per heavy atom. The Labute approximate surface area is 128 Å². The highest BCUT2D eigenvalue weighted by Gasteiger charge is 2.22. The number of esters is 2. The molecule has 0 aromatic heterocycles. The first-order chi connectivity index (χ1) is 9.91. The Balaban J connectivity index is 3.81. The molecule has 0 saturated heterocycles. The fourth-order valence-corrected chi connectivity index (χ4v) is 1.63. The number of nitrogens with two attached hydrogens (primary N) is 1. The van der Waals surface area contributed by atoms with Gasteiger partial charge in [0.15, 0.2) is 0 Å². The van der Waals surface area contributed by atoms with Crippen molar-refractivity contribution in [3.8, 4) is 0 Å². The van der Waals surface area contributed by atoms with Crippen LogP contribution in [0.3, 0.4) is 0 Å². The van der Waals surface area contributed by atoms with E-state index in [1.54, 1.807) is 0 Å². The van der Waals surface area contributed by atoms with E-state index in [1.165, 1.54) is 0 Å². The van der Waals surface area contributed by atoms with E-state index in [-0.39, 0.29) is 24.8 Å². The summed E-state index contributed by atoms with van der Waals surface area (Å²) in [7, 11) is 0. The number of rotatable bonds is 12. The van der Waals surface area contributed by atoms with Gasteiger partial charge in [0.25, 0.3) is 0 Å². The second-order valence-electron chi connectivity index (χ2n) is 5.51. The molecule has 0 atom stereocenters. The molecule has 0 bridgehead atoms. The van der Waals surface area contributed by atoms with Gasteiger partial charge in [-0.2, -0.15) is 0 Å². The van der Waals surface area contributed by atoms with E-state index in [4.69, 9.17) is 15.2 Å². The van der Waals surface area contributed by atoms with Crippen LogP contribution in [0.1, 0.15) is 65.2 Å². The summed E-state index contributed by atoms with van der Waals surface area (Å²) in [6.07, 6.45) is 4.98. The predicted octanol–water partition coefficient (Wildman–Crippen LogP) is 2.76. The van der Waals surface area contributed by atoms with E-state index in [9.17, 15) is 9.59 Å². The maximum Gasteiger partial charge on any atom is 0.305 e. The van der Waals surface area contributed by atoms with Crippen LogP contribution in [0.15, 0.2) is 0 Å². The van der Waals surface area contributed by atoms with Crippen molar-refractivity contribution in [3.05, 3.63) is 6.92 Å². The average Bonchev–Trinajstić information content (AvgIpc) is 2.44. The minimum Gasteiger partial charge on any atom is -0.466 e. The molecule has 5 nitrogen and oxygen atoms in total. The van der Waals surface area contributed by atoms with Crippen molar-refractivity contribution in [2.45, 2.75) is 70.8 Å². The Kier molecular flexibility index (Phi) is 10.9. The molecule has 0 aliphatic heterocycles. The van der Waals surface area contributed by atoms with Gasteiger partial charge in [-0.25, -0.2) is 0 Å². The Morgan fingerprint density at radius 1 is 0.952 bits per heavy atom. The molecule has 0 heterocycles. The summed E-state index contributed by atoms with van der Waals surface area (Å²) in [5, 5.41) is 0. The minimum atomic E-state index is -0.798. The zero-order valence-electron chi connectivity index (χ0n) is 13.5. The highest BCUT2D eigenvalue weighted by molar-refractivity contribution is 5.70. The standard InChI is InChI=1S/C16H30NO4/c1-4-6-12-20-14(18)8-10-16(3,17)11-9-15(19)21-13-7-5-2/h3-13,17H2,1-2H3. The molecular weight excluding hydrogens is 270 g/mol. The lowest BCUT2D eigenvalue weighted by Crippen LogP contribution is -2.37. The number of ether oxygens (including phenoxy) is 2. The van der Waals surface area contributed by atoms with Crippen LogP contribution in [0, 0.1) is 6.92 Å². The van der Waals surface area contributed by atoms with Crippen LogP contribution in [0.5, 0.6) is 0 Å². The molecule has 0 saturated carbocycles. The Bertz CT molecular complexity index is 275. The van der Waals surface area contributed by atoms with Crippen molar-refractivity contribution in [2.24, 2.45) is 5.73 Å². The second-order valence-corrected chi connectivity index (χ2v) is 5.51. The molecule has 1 radical (unpaired) electrons. The van der Waals surface area contributed by atoms with E-state index in [1.807, 2.05) is 13.8 Å². The maximum absolute atomic E-state index is 11.5. The summed E-state index contributed by atoms with van der Waals surface area (Å²) in [5.74, 6) is -0.514. The molecule has 0 unspecified atom stereocenters. The van der Waals surface area contributed by atoms with E-state index < -0.39 is 5.54 Å². The third kappa shape index (κ3) is 12.4. The van der Waals surface area contributed by atoms with Gasteiger partial charge >= 0.3 is 11.9 Å². The van der Waals surface area contributed by atoms with E-state index in [0.29, 0.717) is 26.1 Å². The van der Waals surface area contributed by atoms with Gasteiger partial charge in [0, 0.05) is 18.4 Å². The van der Waals surface area contributed by atoms with Crippen molar-refractivity contribution in [1.29, 1.82) is 0 Å². The number of carbonyl (C=O) groups excluding carboxylic acids is 2. The topological polar surface area (TPSA) is 78.6 Å². The van der Waals surface area contributed by atoms with Gasteiger partial charge in [-0.1, -0.05) is 26.7 Å². The first-order valence-electron chi connectivity index (χ1n) is 7.86. The molecule has 0 aromatic rings. The molecule has 21 heavy (non-hydrogen) atoms. The van der Waals surface area contributed by atoms with Gasteiger partial charge in [0.05, 0.1) is 13.2 Å². The fourth-order valence-electron chi connectivity index (χ4n) is 1.63. The summed E-state index contributed by atoms with van der Waals surface area (Å²) >= 11 is 0. The zero-order chi connectivity index (χ0) is 16.1. The van der Waals surface area contributed by atoms with E-state index in [2.05, 4.69) is 6.92 Å². The second kappa shape index (κ2) is 11.5. The van der Waals surface area contributed by atoms with Crippen LogP contribution >= 0.6 is 0 Å². The van der Waals surface area contributed by atoms with Crippen LogP contribution in [0.2, 0.25) is 0 Å². The predicted molar refractivity (Wildman–Crippen MR) is 82.5 cm³/mol. The van der Waals surface area contributed by atoms with Crippen molar-refractivity contribution in [3.63, 3.8) is 0 Å². The first kappa shape index (κ1) is 19.9. The average molecular weight is 300 g/mol. The smallest absolute Gasteiger partial charge is 0.305 e. The zero-order valence-corrected chi connectivity index (χ0v) is 13.5. The quantitative estimate of drug-likeness (QED) is 0.443. The fraction of sp³-hybridized carbons (Fsp3) is 0.812. The van der Waals surface area contributed by atoms with Gasteiger partial charge < -0.3 is 15.2 Å². The number of carbonyl (C=O) groups is 2. The van der Waals surface area contributed by atoms with Crippen LogP contribution < -0.4 is 5.73 Å². The minimum absolute atomic E-state index is 0.231. The lowest BCUT2D eigenvalue weighted by Gasteiger charge is -2.23. The van der Waals surface area contributed by atoms with Crippen LogP contribution in [-0.2, 0) is 19.1 Å². The first-order valence-corrected chi connectivity index (χ1v) is 7.86. The van der Waals surface area contributed by atoms with Gasteiger partial charge in [-0.05, 0) is 32.6 Å². The summed E-state index contributed by atoms with van der Waals surface area (Å²) in [4.78, 5) is 23.0. The Hall–Kier alpha value is -1.10. The summed E-state index contributed by atoms with van der Waals surface area (Å²) in [6, 6.07) is 0. The van der Waals surface area contributed by atoms with Crippen molar-refractivity contribution in [1.82, 2.24) is 0 Å². The lowest BCUT2D eigenvalue weighted by atomic mass is 9.91. The molecule has 0 aromatic carbocycles. The third-order valence-corrected chi connectivity index (χ3v) is 3.18. The van der Waals surface area contributed by atoms with E-state index in [0.717, 1.165) is 25.7 Å². The summed E-state index contributed by atoms with van der Waals surface area (Å²) in [5.41, 5.74) is 5.20. The maximum atomic E-state index is 11.5. The van der Waals surface area contributed by atoms with Gasteiger partial charge in [0.1, 0.15) is 0 Å².